The molecule has 0 aliphatic carbocycles. The van der Waals surface area contributed by atoms with E-state index < -0.39 is 126 Å². The second kappa shape index (κ2) is 45.2. The van der Waals surface area contributed by atoms with Crippen LogP contribution in [0.1, 0.15) is 108 Å². The molecular formula is C95H87Cl4F3N8O20S4. The van der Waals surface area contributed by atoms with E-state index in [9.17, 15) is 106 Å². The highest BCUT2D eigenvalue weighted by atomic mass is 35.5. The fourth-order valence-corrected chi connectivity index (χ4v) is 19.3. The third-order valence-corrected chi connectivity index (χ3v) is 29.2. The number of hydrogen-bond acceptors (Lipinski definition) is 20. The van der Waals surface area contributed by atoms with Gasteiger partial charge in [0.2, 0.25) is 23.6 Å². The summed E-state index contributed by atoms with van der Waals surface area (Å²) in [4.78, 5) is 100. The number of anilines is 8. The molecule has 0 radical (unpaired) electrons. The van der Waals surface area contributed by atoms with Crippen molar-refractivity contribution in [1.82, 2.24) is 0 Å². The number of carbonyl (C=O) groups is 8. The lowest BCUT2D eigenvalue weighted by molar-refractivity contribution is -0.137. The van der Waals surface area contributed by atoms with Crippen molar-refractivity contribution in [1.29, 1.82) is 0 Å². The molecule has 3 unspecified atom stereocenters. The molecule has 700 valence electrons. The second-order valence-electron chi connectivity index (χ2n) is 30.0. The van der Waals surface area contributed by atoms with Gasteiger partial charge in [-0.25, -0.2) is 33.7 Å². The number of alkyl halides is 3. The van der Waals surface area contributed by atoms with Crippen LogP contribution in [0.5, 0.6) is 23.0 Å². The van der Waals surface area contributed by atoms with Crippen molar-refractivity contribution in [3.63, 3.8) is 0 Å². The van der Waals surface area contributed by atoms with E-state index in [4.69, 9.17) is 46.4 Å². The van der Waals surface area contributed by atoms with Gasteiger partial charge in [0.1, 0.15) is 44.5 Å². The van der Waals surface area contributed by atoms with Gasteiger partial charge in [0.05, 0.1) is 90.7 Å². The Morgan fingerprint density at radius 3 is 0.940 bits per heavy atom. The van der Waals surface area contributed by atoms with Crippen LogP contribution in [0.2, 0.25) is 20.1 Å². The summed E-state index contributed by atoms with van der Waals surface area (Å²) in [5.74, 6) is -7.77. The number of sulfone groups is 4. The molecule has 0 bridgehead atoms. The monoisotopic (exact) mass is 1980 g/mol. The van der Waals surface area contributed by atoms with Crippen molar-refractivity contribution in [2.75, 3.05) is 48.3 Å². The van der Waals surface area contributed by atoms with Crippen LogP contribution < -0.4 is 42.5 Å². The zero-order valence-corrected chi connectivity index (χ0v) is 78.5. The first-order valence-corrected chi connectivity index (χ1v) is 47.9. The summed E-state index contributed by atoms with van der Waals surface area (Å²) in [7, 11) is -15.8. The minimum atomic E-state index is -4.56. The fraction of sp³-hybridized carbons (Fsp3) is 0.158. The van der Waals surface area contributed by atoms with Crippen LogP contribution in [0.4, 0.5) is 58.7 Å². The predicted molar refractivity (Wildman–Crippen MR) is 510 cm³/mol. The van der Waals surface area contributed by atoms with Crippen LogP contribution in [0, 0.1) is 34.6 Å². The van der Waals surface area contributed by atoms with Crippen molar-refractivity contribution in [3.8, 4) is 23.0 Å². The van der Waals surface area contributed by atoms with Gasteiger partial charge in [0, 0.05) is 46.5 Å². The van der Waals surface area contributed by atoms with Crippen molar-refractivity contribution in [2.24, 2.45) is 0 Å². The molecule has 0 aromatic heterocycles. The van der Waals surface area contributed by atoms with Gasteiger partial charge in [-0.2, -0.15) is 13.2 Å². The van der Waals surface area contributed by atoms with Gasteiger partial charge in [0.15, 0.2) is 39.3 Å². The highest BCUT2D eigenvalue weighted by Gasteiger charge is 2.37. The Hall–Kier alpha value is -13.7. The molecule has 12 aromatic carbocycles. The number of carbonyl (C=O) groups excluding carboxylic acids is 8. The van der Waals surface area contributed by atoms with E-state index in [1.54, 1.807) is 161 Å². The van der Waals surface area contributed by atoms with Crippen LogP contribution in [0.25, 0.3) is 0 Å². The van der Waals surface area contributed by atoms with E-state index in [2.05, 4.69) is 42.5 Å². The summed E-state index contributed by atoms with van der Waals surface area (Å²) in [6.07, 6.45) is -4.56. The van der Waals surface area contributed by atoms with Gasteiger partial charge in [-0.3, -0.25) is 38.4 Å². The lowest BCUT2D eigenvalue weighted by atomic mass is 10.1. The Morgan fingerprint density at radius 2 is 0.604 bits per heavy atom. The predicted octanol–water partition coefficient (Wildman–Crippen LogP) is 19.3. The van der Waals surface area contributed by atoms with E-state index in [0.717, 1.165) is 76.9 Å². The van der Waals surface area contributed by atoms with Crippen molar-refractivity contribution < 1.29 is 106 Å². The molecule has 0 saturated carbocycles. The second-order valence-corrected chi connectivity index (χ2v) is 40.1. The number of phenols is 4. The van der Waals surface area contributed by atoms with E-state index in [-0.39, 0.29) is 121 Å². The quantitative estimate of drug-likeness (QED) is 0.0224. The number of rotatable bonds is 26. The molecule has 0 aliphatic heterocycles. The van der Waals surface area contributed by atoms with E-state index >= 15 is 0 Å². The average molecular weight is 1990 g/mol. The SMILES string of the molecule is CCC(C(=O)Nc1cc(O)c(NC(=O)c2ccc(C(F)(F)F)cc2)cc1Cl)S(=O)(=O)c1cccc(C)c1.CCC(C(=O)Nc1cc(O)c(NC(=O)c2ccc(C)cc2)cc1Cl)S(=O)(=O)c1ccc(C)cc1.Cc1cccc(S(=O)(=O)C(C)C(=O)Nc2cc(O)c(NC(=O)c3ccccc3)cc2Cl)c1.Cc1cccc(S(=O)(=O)CC(=O)Nc2cc(O)c(NC(=O)c3ccccc3)cc2Cl)c1. The van der Waals surface area contributed by atoms with Gasteiger partial charge in [-0.05, 0) is 205 Å². The van der Waals surface area contributed by atoms with Gasteiger partial charge in [0.25, 0.3) is 23.6 Å². The van der Waals surface area contributed by atoms with Crippen molar-refractivity contribution in [2.45, 2.75) is 110 Å². The molecular weight excluding hydrogens is 1900 g/mol. The first kappa shape index (κ1) is 104. The molecule has 39 heteroatoms. The number of halogens is 7. The molecule has 0 heterocycles. The van der Waals surface area contributed by atoms with Gasteiger partial charge >= 0.3 is 6.18 Å². The molecule has 0 saturated heterocycles. The summed E-state index contributed by atoms with van der Waals surface area (Å²) in [5, 5.41) is 56.6. The lowest BCUT2D eigenvalue weighted by Gasteiger charge is -2.18. The van der Waals surface area contributed by atoms with Gasteiger partial charge in [-0.15, -0.1) is 0 Å². The van der Waals surface area contributed by atoms with Crippen LogP contribution in [0.3, 0.4) is 0 Å². The Morgan fingerprint density at radius 1 is 0.313 bits per heavy atom. The fourth-order valence-electron chi connectivity index (χ4n) is 12.5. The highest BCUT2D eigenvalue weighted by molar-refractivity contribution is 7.93. The topological polar surface area (TPSA) is 450 Å². The number of aromatic hydroxyl groups is 4. The number of hydrogen-bond donors (Lipinski definition) is 12. The summed E-state index contributed by atoms with van der Waals surface area (Å²) in [5.41, 5.74) is 4.15. The zero-order valence-electron chi connectivity index (χ0n) is 72.2. The van der Waals surface area contributed by atoms with Crippen LogP contribution in [0.15, 0.2) is 274 Å². The first-order chi connectivity index (χ1) is 63.0. The number of aryl methyl sites for hydroxylation is 5. The molecule has 28 nitrogen and oxygen atoms in total. The first-order valence-electron chi connectivity index (χ1n) is 40.1. The van der Waals surface area contributed by atoms with Crippen LogP contribution >= 0.6 is 46.4 Å². The van der Waals surface area contributed by atoms with Crippen LogP contribution in [-0.4, -0.2) is 123 Å². The summed E-state index contributed by atoms with van der Waals surface area (Å²) < 4.78 is 141. The molecule has 0 spiro atoms. The lowest BCUT2D eigenvalue weighted by Crippen LogP contribution is -2.34. The van der Waals surface area contributed by atoms with Gasteiger partial charge < -0.3 is 63.0 Å². The molecule has 12 N–H and O–H groups in total. The largest absolute Gasteiger partial charge is 0.506 e. The summed E-state index contributed by atoms with van der Waals surface area (Å²) >= 11 is 24.8. The number of phenolic OH excluding ortho intramolecular Hbond substituents is 4. The Bertz CT molecular complexity index is 6940. The number of amides is 8. The molecule has 8 amide bonds. The Balaban J connectivity index is 0.000000201. The van der Waals surface area contributed by atoms with Crippen molar-refractivity contribution in [3.05, 3.63) is 331 Å². The summed E-state index contributed by atoms with van der Waals surface area (Å²) in [6, 6.07) is 61.4. The maximum Gasteiger partial charge on any atom is 0.416 e. The average Bonchev–Trinajstić information content (AvgIpc) is 0.797. The maximum atomic E-state index is 13.0. The maximum absolute atomic E-state index is 13.0. The van der Waals surface area contributed by atoms with Crippen molar-refractivity contribution >= 4 is 179 Å². The smallest absolute Gasteiger partial charge is 0.416 e. The van der Waals surface area contributed by atoms with Gasteiger partial charge in [-0.1, -0.05) is 168 Å². The van der Waals surface area contributed by atoms with E-state index in [0.29, 0.717) is 22.3 Å². The van der Waals surface area contributed by atoms with E-state index in [1.165, 1.54) is 80.6 Å². The minimum Gasteiger partial charge on any atom is -0.506 e. The van der Waals surface area contributed by atoms with Crippen LogP contribution in [-0.2, 0) is 64.7 Å². The zero-order chi connectivity index (χ0) is 98.6. The normalized spacial score (nSPS) is 12.0. The minimum absolute atomic E-state index is 0.00947. The molecule has 12 aromatic rings. The standard InChI is InChI=1S/C25H22ClF3N2O5S.C25H25ClN2O5S.C23H21ClN2O5S.C22H19ClN2O5S/c1-3-22(37(35,36)17-6-4-5-14(2)11-17)24(34)30-19-13-21(32)20(12-18(19)26)31-23(33)15-7-9-16(10-8-15)25(27,28)29;1-4-23(34(32,33)18-11-7-16(3)8-12-18)25(31)27-20-14-22(29)21(13-19(20)26)28-24(30)17-9-5-15(2)6-10-17;1-14-7-6-10-17(11-14)32(30,31)15(2)22(28)25-19-13-21(27)20(12-18(19)24)26-23(29)16-8-4-3-5-9-16;1-14-6-5-9-16(10-14)31(29,30)13-21(27)24-18-12-20(26)19(11-17(18)23)25-22(28)15-7-3-2-4-8-15/h4-13,22,32H,3H2,1-2H3,(H,30,34)(H,31,33);5-14,23,29H,4H2,1-3H3,(H,27,31)(H,28,30);3-13,15,27H,1-2H3,(H,25,28)(H,26,29);2-12,26H,13H2,1H3,(H,24,27)(H,25,28). The Labute approximate surface area is 790 Å². The number of nitrogens with one attached hydrogen (secondary N) is 8. The summed E-state index contributed by atoms with van der Waals surface area (Å²) in [6.45, 7) is 13.4. The third kappa shape index (κ3) is 27.5. The Kier molecular flexibility index (Phi) is 35.1. The number of benzene rings is 12. The highest BCUT2D eigenvalue weighted by Crippen LogP contribution is 2.40. The molecule has 0 aliphatic rings. The molecule has 134 heavy (non-hydrogen) atoms. The molecule has 0 fully saturated rings. The van der Waals surface area contributed by atoms with E-state index in [1.807, 2.05) is 13.8 Å². The molecule has 3 atom stereocenters. The third-order valence-electron chi connectivity index (χ3n) is 19.8. The molecule has 12 rings (SSSR count).